The predicted molar refractivity (Wildman–Crippen MR) is 136 cm³/mol. The first kappa shape index (κ1) is 25.5. The Morgan fingerprint density at radius 1 is 0.939 bits per heavy atom. The molecule has 0 aliphatic carbocycles. The molecule has 180 valence electrons. The van der Waals surface area contributed by atoms with E-state index < -0.39 is 26.1 Å². The standard InChI is InChI=1S/C27H39NO4Si/c1-26(2,3)32-25(30)28-19-22(29)18-17-21(28)20-31-33(27(4,5)6,23-13-9-7-10-14-23)24-15-11-8-12-16-24/h7-16,21-22,29H,17-20H2,1-6H3/t21-,22?/m0/s1. The smallest absolute Gasteiger partial charge is 0.410 e. The van der Waals surface area contributed by atoms with Crippen LogP contribution < -0.4 is 10.4 Å². The van der Waals surface area contributed by atoms with Crippen molar-refractivity contribution >= 4 is 24.8 Å². The molecule has 0 spiro atoms. The van der Waals surface area contributed by atoms with Crippen LogP contribution in [0.5, 0.6) is 0 Å². The third kappa shape index (κ3) is 5.86. The lowest BCUT2D eigenvalue weighted by Gasteiger charge is -2.45. The second-order valence-electron chi connectivity index (χ2n) is 11.0. The molecule has 1 amide bonds. The Labute approximate surface area is 199 Å². The summed E-state index contributed by atoms with van der Waals surface area (Å²) in [6.45, 7) is 13.0. The molecule has 0 aromatic heterocycles. The van der Waals surface area contributed by atoms with Gasteiger partial charge in [-0.3, -0.25) is 0 Å². The summed E-state index contributed by atoms with van der Waals surface area (Å²) >= 11 is 0. The van der Waals surface area contributed by atoms with Crippen LogP contribution in [-0.2, 0) is 9.16 Å². The number of rotatable bonds is 5. The Balaban J connectivity index is 1.97. The molecule has 1 aliphatic heterocycles. The molecule has 1 fully saturated rings. The molecule has 6 heteroatoms. The zero-order valence-corrected chi connectivity index (χ0v) is 21.9. The van der Waals surface area contributed by atoms with Gasteiger partial charge >= 0.3 is 6.09 Å². The highest BCUT2D eigenvalue weighted by molar-refractivity contribution is 6.99. The quantitative estimate of drug-likeness (QED) is 0.663. The minimum absolute atomic E-state index is 0.138. The number of amides is 1. The first-order valence-electron chi connectivity index (χ1n) is 11.9. The van der Waals surface area contributed by atoms with E-state index >= 15 is 0 Å². The van der Waals surface area contributed by atoms with Gasteiger partial charge in [0.2, 0.25) is 0 Å². The normalized spacial score (nSPS) is 19.9. The van der Waals surface area contributed by atoms with Crippen LogP contribution in [0, 0.1) is 0 Å². The molecular formula is C27H39NO4Si. The minimum Gasteiger partial charge on any atom is -0.444 e. The van der Waals surface area contributed by atoms with E-state index in [1.165, 1.54) is 10.4 Å². The number of piperidine rings is 1. The maximum Gasteiger partial charge on any atom is 0.410 e. The van der Waals surface area contributed by atoms with Crippen LogP contribution in [0.15, 0.2) is 60.7 Å². The van der Waals surface area contributed by atoms with Gasteiger partial charge in [0.05, 0.1) is 25.3 Å². The Morgan fingerprint density at radius 3 is 1.91 bits per heavy atom. The SMILES string of the molecule is CC(C)(C)OC(=O)N1CC(O)CC[C@H]1CO[Si](c1ccccc1)(c1ccccc1)C(C)(C)C. The van der Waals surface area contributed by atoms with E-state index in [-0.39, 0.29) is 17.6 Å². The van der Waals surface area contributed by atoms with Gasteiger partial charge in [-0.2, -0.15) is 0 Å². The summed E-state index contributed by atoms with van der Waals surface area (Å²) < 4.78 is 12.7. The molecule has 1 unspecified atom stereocenters. The Hall–Kier alpha value is -2.15. The molecule has 0 saturated carbocycles. The van der Waals surface area contributed by atoms with Crippen molar-refractivity contribution in [2.45, 2.75) is 77.2 Å². The number of ether oxygens (including phenoxy) is 1. The van der Waals surface area contributed by atoms with Crippen LogP contribution >= 0.6 is 0 Å². The summed E-state index contributed by atoms with van der Waals surface area (Å²) in [5, 5.41) is 12.6. The van der Waals surface area contributed by atoms with Crippen molar-refractivity contribution in [2.75, 3.05) is 13.2 Å². The van der Waals surface area contributed by atoms with Gasteiger partial charge in [0, 0.05) is 0 Å². The maximum atomic E-state index is 13.0. The maximum absolute atomic E-state index is 13.0. The molecular weight excluding hydrogens is 430 g/mol. The van der Waals surface area contributed by atoms with Crippen LogP contribution in [0.4, 0.5) is 4.79 Å². The predicted octanol–water partition coefficient (Wildman–Crippen LogP) is 4.32. The Bertz CT molecular complexity index is 866. The third-order valence-corrected chi connectivity index (χ3v) is 11.2. The second-order valence-corrected chi connectivity index (χ2v) is 15.3. The molecule has 2 aromatic rings. The minimum atomic E-state index is -2.70. The second kappa shape index (κ2) is 10.00. The molecule has 2 aromatic carbocycles. The summed E-state index contributed by atoms with van der Waals surface area (Å²) in [7, 11) is -2.70. The van der Waals surface area contributed by atoms with Crippen LogP contribution in [0.2, 0.25) is 5.04 Å². The van der Waals surface area contributed by atoms with Gasteiger partial charge < -0.3 is 19.2 Å². The first-order chi connectivity index (χ1) is 15.4. The number of hydrogen-bond donors (Lipinski definition) is 1. The van der Waals surface area contributed by atoms with E-state index in [0.29, 0.717) is 19.4 Å². The van der Waals surface area contributed by atoms with Crippen molar-refractivity contribution in [1.82, 2.24) is 4.90 Å². The number of benzene rings is 2. The molecule has 0 radical (unpaired) electrons. The van der Waals surface area contributed by atoms with E-state index in [0.717, 1.165) is 0 Å². The largest absolute Gasteiger partial charge is 0.444 e. The molecule has 33 heavy (non-hydrogen) atoms. The van der Waals surface area contributed by atoms with Gasteiger partial charge in [0.15, 0.2) is 0 Å². The monoisotopic (exact) mass is 469 g/mol. The number of carbonyl (C=O) groups is 1. The number of aliphatic hydroxyl groups is 1. The van der Waals surface area contributed by atoms with E-state index in [1.54, 1.807) is 4.90 Å². The lowest BCUT2D eigenvalue weighted by atomic mass is 10.0. The number of hydrogen-bond acceptors (Lipinski definition) is 4. The summed E-state index contributed by atoms with van der Waals surface area (Å²) in [6, 6.07) is 20.9. The van der Waals surface area contributed by atoms with Gasteiger partial charge in [0.25, 0.3) is 8.32 Å². The fraction of sp³-hybridized carbons (Fsp3) is 0.519. The lowest BCUT2D eigenvalue weighted by Crippen LogP contribution is -2.67. The highest BCUT2D eigenvalue weighted by Gasteiger charge is 2.51. The summed E-state index contributed by atoms with van der Waals surface area (Å²) in [5.41, 5.74) is -0.594. The summed E-state index contributed by atoms with van der Waals surface area (Å²) in [5.74, 6) is 0. The molecule has 1 N–H and O–H groups in total. The number of carbonyl (C=O) groups excluding carboxylic acids is 1. The van der Waals surface area contributed by atoms with Crippen molar-refractivity contribution in [1.29, 1.82) is 0 Å². The fourth-order valence-corrected chi connectivity index (χ4v) is 9.31. The first-order valence-corrected chi connectivity index (χ1v) is 13.8. The van der Waals surface area contributed by atoms with Gasteiger partial charge in [-0.1, -0.05) is 81.4 Å². The zero-order chi connectivity index (χ0) is 24.3. The molecule has 2 atom stereocenters. The van der Waals surface area contributed by atoms with E-state index in [9.17, 15) is 9.90 Å². The van der Waals surface area contributed by atoms with Crippen molar-refractivity contribution < 1.29 is 19.1 Å². The van der Waals surface area contributed by atoms with Crippen LogP contribution in [0.3, 0.4) is 0 Å². The van der Waals surface area contributed by atoms with Crippen LogP contribution in [0.1, 0.15) is 54.4 Å². The zero-order valence-electron chi connectivity index (χ0n) is 20.9. The van der Waals surface area contributed by atoms with E-state index in [4.69, 9.17) is 9.16 Å². The molecule has 5 nitrogen and oxygen atoms in total. The van der Waals surface area contributed by atoms with Gasteiger partial charge in [-0.25, -0.2) is 4.79 Å². The van der Waals surface area contributed by atoms with E-state index in [1.807, 2.05) is 32.9 Å². The molecule has 1 heterocycles. The molecule has 1 aliphatic rings. The fourth-order valence-electron chi connectivity index (χ4n) is 4.71. The Morgan fingerprint density at radius 2 is 1.45 bits per heavy atom. The molecule has 0 bridgehead atoms. The average Bonchev–Trinajstić information content (AvgIpc) is 2.74. The summed E-state index contributed by atoms with van der Waals surface area (Å²) in [4.78, 5) is 14.6. The number of β-amino-alcohol motifs (C(OH)–C–C–N with tert-alkyl or cyclic N) is 1. The van der Waals surface area contributed by atoms with Gasteiger partial charge in [-0.05, 0) is 49.0 Å². The highest BCUT2D eigenvalue weighted by atomic mass is 28.4. The van der Waals surface area contributed by atoms with Gasteiger partial charge in [0.1, 0.15) is 5.60 Å². The lowest BCUT2D eigenvalue weighted by molar-refractivity contribution is -0.0209. The number of likely N-dealkylation sites (tertiary alicyclic amines) is 1. The molecule has 1 saturated heterocycles. The number of nitrogens with zero attached hydrogens (tertiary/aromatic N) is 1. The van der Waals surface area contributed by atoms with Crippen molar-refractivity contribution in [3.63, 3.8) is 0 Å². The van der Waals surface area contributed by atoms with Crippen molar-refractivity contribution in [2.24, 2.45) is 0 Å². The van der Waals surface area contributed by atoms with Gasteiger partial charge in [-0.15, -0.1) is 0 Å². The van der Waals surface area contributed by atoms with Crippen LogP contribution in [-0.4, -0.2) is 55.3 Å². The highest BCUT2D eigenvalue weighted by Crippen LogP contribution is 2.37. The Kier molecular flexibility index (Phi) is 7.71. The summed E-state index contributed by atoms with van der Waals surface area (Å²) in [6.07, 6.45) is 0.395. The number of aliphatic hydroxyl groups excluding tert-OH is 1. The third-order valence-electron chi connectivity index (χ3n) is 6.22. The van der Waals surface area contributed by atoms with Crippen LogP contribution in [0.25, 0.3) is 0 Å². The molecule has 3 rings (SSSR count). The van der Waals surface area contributed by atoms with E-state index in [2.05, 4.69) is 69.3 Å². The average molecular weight is 470 g/mol. The van der Waals surface area contributed by atoms with Crippen molar-refractivity contribution in [3.05, 3.63) is 60.7 Å². The van der Waals surface area contributed by atoms with Crippen molar-refractivity contribution in [3.8, 4) is 0 Å². The topological polar surface area (TPSA) is 59.0 Å².